The first-order valence-corrected chi connectivity index (χ1v) is 7.65. The summed E-state index contributed by atoms with van der Waals surface area (Å²) in [5.41, 5.74) is 1.19. The molecule has 110 valence electrons. The zero-order valence-corrected chi connectivity index (χ0v) is 12.7. The molecule has 0 bridgehead atoms. The summed E-state index contributed by atoms with van der Waals surface area (Å²) in [6.45, 7) is 6.65. The van der Waals surface area contributed by atoms with E-state index in [0.717, 1.165) is 11.3 Å². The third kappa shape index (κ3) is 3.37. The van der Waals surface area contributed by atoms with E-state index in [1.54, 1.807) is 11.3 Å². The van der Waals surface area contributed by atoms with Crippen molar-refractivity contribution in [3.63, 3.8) is 0 Å². The van der Waals surface area contributed by atoms with Crippen LogP contribution < -0.4 is 0 Å². The lowest BCUT2D eigenvalue weighted by molar-refractivity contribution is -0.138. The number of rotatable bonds is 4. The molecule has 5 nitrogen and oxygen atoms in total. The minimum absolute atomic E-state index is 0.0557. The normalized spacial score (nSPS) is 16.4. The molecular weight excluding hydrogens is 276 g/mol. The molecule has 1 amide bonds. The minimum atomic E-state index is -0.814. The van der Waals surface area contributed by atoms with E-state index >= 15 is 0 Å². The summed E-state index contributed by atoms with van der Waals surface area (Å²) in [4.78, 5) is 28.8. The Morgan fingerprint density at radius 3 is 2.45 bits per heavy atom. The Morgan fingerprint density at radius 1 is 1.30 bits per heavy atom. The summed E-state index contributed by atoms with van der Waals surface area (Å²) in [5.74, 6) is -0.737. The highest BCUT2D eigenvalue weighted by Gasteiger charge is 2.24. The Morgan fingerprint density at radius 2 is 1.95 bits per heavy atom. The molecule has 1 N–H and O–H groups in total. The van der Waals surface area contributed by atoms with Crippen LogP contribution in [-0.4, -0.2) is 59.5 Å². The summed E-state index contributed by atoms with van der Waals surface area (Å²) in [7, 11) is 0. The molecule has 1 aromatic heterocycles. The summed E-state index contributed by atoms with van der Waals surface area (Å²) in [6.07, 6.45) is 0.955. The van der Waals surface area contributed by atoms with Crippen molar-refractivity contribution in [3.8, 4) is 0 Å². The van der Waals surface area contributed by atoms with Gasteiger partial charge in [-0.15, -0.1) is 11.3 Å². The van der Waals surface area contributed by atoms with Gasteiger partial charge in [0, 0.05) is 31.1 Å². The first kappa shape index (κ1) is 15.0. The van der Waals surface area contributed by atoms with Crippen LogP contribution in [0.15, 0.2) is 6.07 Å². The number of thiophene rings is 1. The Bertz CT molecular complexity index is 505. The molecule has 0 saturated carbocycles. The van der Waals surface area contributed by atoms with Crippen LogP contribution >= 0.6 is 11.3 Å². The quantitative estimate of drug-likeness (QED) is 0.914. The molecule has 1 aliphatic rings. The lowest BCUT2D eigenvalue weighted by Gasteiger charge is -2.33. The third-order valence-corrected chi connectivity index (χ3v) is 4.94. The van der Waals surface area contributed by atoms with Crippen molar-refractivity contribution in [1.82, 2.24) is 9.80 Å². The van der Waals surface area contributed by atoms with Gasteiger partial charge >= 0.3 is 5.97 Å². The SMILES string of the molecule is CCc1sc(C(=O)N2CCN(CC(=O)O)CC2)cc1C. The van der Waals surface area contributed by atoms with Gasteiger partial charge in [0.2, 0.25) is 0 Å². The minimum Gasteiger partial charge on any atom is -0.480 e. The number of carboxylic acids is 1. The van der Waals surface area contributed by atoms with Crippen LogP contribution in [0.5, 0.6) is 0 Å². The van der Waals surface area contributed by atoms with Gasteiger partial charge in [-0.3, -0.25) is 14.5 Å². The van der Waals surface area contributed by atoms with E-state index in [0.29, 0.717) is 26.2 Å². The van der Waals surface area contributed by atoms with E-state index in [-0.39, 0.29) is 12.5 Å². The van der Waals surface area contributed by atoms with Crippen LogP contribution in [0.2, 0.25) is 0 Å². The number of hydrogen-bond donors (Lipinski definition) is 1. The van der Waals surface area contributed by atoms with Gasteiger partial charge in [0.1, 0.15) is 0 Å². The first-order valence-electron chi connectivity index (χ1n) is 6.84. The Labute approximate surface area is 122 Å². The lowest BCUT2D eigenvalue weighted by atomic mass is 10.2. The largest absolute Gasteiger partial charge is 0.480 e. The maximum absolute atomic E-state index is 12.4. The number of amides is 1. The molecule has 6 heteroatoms. The third-order valence-electron chi connectivity index (χ3n) is 3.57. The van der Waals surface area contributed by atoms with Crippen molar-refractivity contribution in [2.45, 2.75) is 20.3 Å². The van der Waals surface area contributed by atoms with Gasteiger partial charge < -0.3 is 10.0 Å². The molecule has 1 aliphatic heterocycles. The van der Waals surface area contributed by atoms with Gasteiger partial charge in [-0.1, -0.05) is 6.92 Å². The van der Waals surface area contributed by atoms with Gasteiger partial charge in [0.05, 0.1) is 11.4 Å². The molecule has 1 aromatic rings. The number of carboxylic acid groups (broad SMARTS) is 1. The Hall–Kier alpha value is -1.40. The molecule has 0 atom stereocenters. The zero-order valence-electron chi connectivity index (χ0n) is 11.9. The molecule has 2 rings (SSSR count). The van der Waals surface area contributed by atoms with Crippen molar-refractivity contribution >= 4 is 23.2 Å². The summed E-state index contributed by atoms with van der Waals surface area (Å²) >= 11 is 1.57. The van der Waals surface area contributed by atoms with Crippen LogP contribution in [0.25, 0.3) is 0 Å². The molecule has 1 saturated heterocycles. The van der Waals surface area contributed by atoms with E-state index in [4.69, 9.17) is 5.11 Å². The highest BCUT2D eigenvalue weighted by molar-refractivity contribution is 7.14. The monoisotopic (exact) mass is 296 g/mol. The zero-order chi connectivity index (χ0) is 14.7. The molecule has 0 unspecified atom stereocenters. The summed E-state index contributed by atoms with van der Waals surface area (Å²) in [5, 5.41) is 8.76. The van der Waals surface area contributed by atoms with Gasteiger partial charge in [0.25, 0.3) is 5.91 Å². The number of aliphatic carboxylic acids is 1. The molecule has 0 spiro atoms. The molecular formula is C14H20N2O3S. The predicted octanol–water partition coefficient (Wildman–Crippen LogP) is 1.46. The van der Waals surface area contributed by atoms with E-state index in [1.807, 2.05) is 22.8 Å². The maximum Gasteiger partial charge on any atom is 0.317 e. The van der Waals surface area contributed by atoms with Crippen LogP contribution in [0.1, 0.15) is 27.0 Å². The summed E-state index contributed by atoms with van der Waals surface area (Å²) < 4.78 is 0. The number of nitrogens with zero attached hydrogens (tertiary/aromatic N) is 2. The van der Waals surface area contributed by atoms with Gasteiger partial charge in [-0.05, 0) is 25.0 Å². The second-order valence-electron chi connectivity index (χ2n) is 5.03. The molecule has 1 fully saturated rings. The standard InChI is InChI=1S/C14H20N2O3S/c1-3-11-10(2)8-12(20-11)14(19)16-6-4-15(5-7-16)9-13(17)18/h8H,3-7,9H2,1-2H3,(H,17,18). The number of aryl methyl sites for hydroxylation is 2. The van der Waals surface area contributed by atoms with Crippen molar-refractivity contribution in [3.05, 3.63) is 21.4 Å². The molecule has 0 aliphatic carbocycles. The van der Waals surface area contributed by atoms with E-state index in [1.165, 1.54) is 10.4 Å². The fraction of sp³-hybridized carbons (Fsp3) is 0.571. The molecule has 2 heterocycles. The van der Waals surface area contributed by atoms with Crippen molar-refractivity contribution in [2.24, 2.45) is 0 Å². The van der Waals surface area contributed by atoms with Gasteiger partial charge in [-0.2, -0.15) is 0 Å². The highest BCUT2D eigenvalue weighted by Crippen LogP contribution is 2.24. The second kappa shape index (κ2) is 6.37. The Kier molecular flexibility index (Phi) is 4.77. The number of carbonyl (C=O) groups excluding carboxylic acids is 1. The van der Waals surface area contributed by atoms with Crippen LogP contribution in [0, 0.1) is 6.92 Å². The van der Waals surface area contributed by atoms with Crippen molar-refractivity contribution < 1.29 is 14.7 Å². The van der Waals surface area contributed by atoms with Crippen LogP contribution in [-0.2, 0) is 11.2 Å². The van der Waals surface area contributed by atoms with E-state index < -0.39 is 5.97 Å². The van der Waals surface area contributed by atoms with E-state index in [2.05, 4.69) is 6.92 Å². The van der Waals surface area contributed by atoms with Crippen LogP contribution in [0.3, 0.4) is 0 Å². The van der Waals surface area contributed by atoms with Crippen molar-refractivity contribution in [2.75, 3.05) is 32.7 Å². The fourth-order valence-electron chi connectivity index (χ4n) is 2.43. The average molecular weight is 296 g/mol. The maximum atomic E-state index is 12.4. The molecule has 20 heavy (non-hydrogen) atoms. The number of carbonyl (C=O) groups is 2. The molecule has 0 aromatic carbocycles. The topological polar surface area (TPSA) is 60.9 Å². The second-order valence-corrected chi connectivity index (χ2v) is 6.17. The van der Waals surface area contributed by atoms with Crippen LogP contribution in [0.4, 0.5) is 0 Å². The number of piperazine rings is 1. The highest BCUT2D eigenvalue weighted by atomic mass is 32.1. The molecule has 0 radical (unpaired) electrons. The fourth-order valence-corrected chi connectivity index (χ4v) is 3.51. The first-order chi connectivity index (χ1) is 9.51. The average Bonchev–Trinajstić information content (AvgIpc) is 2.79. The van der Waals surface area contributed by atoms with Gasteiger partial charge in [-0.25, -0.2) is 0 Å². The van der Waals surface area contributed by atoms with E-state index in [9.17, 15) is 9.59 Å². The number of hydrogen-bond acceptors (Lipinski definition) is 4. The summed E-state index contributed by atoms with van der Waals surface area (Å²) in [6, 6.07) is 1.97. The predicted molar refractivity (Wildman–Crippen MR) is 78.4 cm³/mol. The van der Waals surface area contributed by atoms with Crippen molar-refractivity contribution in [1.29, 1.82) is 0 Å². The van der Waals surface area contributed by atoms with Gasteiger partial charge in [0.15, 0.2) is 0 Å². The smallest absolute Gasteiger partial charge is 0.317 e. The Balaban J connectivity index is 1.96. The lowest BCUT2D eigenvalue weighted by Crippen LogP contribution is -2.49.